The molecule has 1 amide bonds. The Bertz CT molecular complexity index is 1090. The van der Waals surface area contributed by atoms with Crippen LogP contribution >= 0.6 is 11.6 Å². The Morgan fingerprint density at radius 3 is 2.75 bits per heavy atom. The number of aromatic nitrogens is 3. The summed E-state index contributed by atoms with van der Waals surface area (Å²) in [6.07, 6.45) is 0.353. The highest BCUT2D eigenvalue weighted by atomic mass is 35.5. The third kappa shape index (κ3) is 3.31. The van der Waals surface area contributed by atoms with Crippen molar-refractivity contribution in [2.24, 2.45) is 0 Å². The number of fused-ring (bicyclic) bond motifs is 1. The second-order valence-electron chi connectivity index (χ2n) is 7.03. The van der Waals surface area contributed by atoms with Crippen LogP contribution in [0.15, 0.2) is 35.1 Å². The molecule has 0 bridgehead atoms. The number of benzene rings is 1. The van der Waals surface area contributed by atoms with Crippen LogP contribution in [0.25, 0.3) is 16.8 Å². The number of nitrogens with zero attached hydrogens (tertiary/aromatic N) is 3. The molecule has 2 aromatic heterocycles. The summed E-state index contributed by atoms with van der Waals surface area (Å²) in [5, 5.41) is 3.73. The minimum Gasteiger partial charge on any atom is -0.383 e. The molecule has 1 fully saturated rings. The molecule has 0 spiro atoms. The van der Waals surface area contributed by atoms with E-state index < -0.39 is 0 Å². The number of H-pyrrole nitrogens is 1. The standard InChI is InChI=1S/C20H21ClN4O3/c1-12-19(13-3-5-15(21)6-4-13)20-22-16(10-18(27)25(20)23-12)14-9-17(26)24(11-14)7-8-28-2/h3-6,10,14,23H,7-9,11H2,1-2H3/t14-/m1/s1. The Labute approximate surface area is 166 Å². The van der Waals surface area contributed by atoms with Gasteiger partial charge in [0.2, 0.25) is 5.91 Å². The molecule has 0 aliphatic carbocycles. The lowest BCUT2D eigenvalue weighted by atomic mass is 10.0. The summed E-state index contributed by atoms with van der Waals surface area (Å²) in [7, 11) is 1.61. The Morgan fingerprint density at radius 1 is 1.29 bits per heavy atom. The fraction of sp³-hybridized carbons (Fsp3) is 0.350. The van der Waals surface area contributed by atoms with Crippen LogP contribution in [0.5, 0.6) is 0 Å². The third-order valence-electron chi connectivity index (χ3n) is 5.15. The molecule has 28 heavy (non-hydrogen) atoms. The second-order valence-corrected chi connectivity index (χ2v) is 7.47. The van der Waals surface area contributed by atoms with E-state index in [1.54, 1.807) is 12.0 Å². The molecule has 4 rings (SSSR count). The van der Waals surface area contributed by atoms with Crippen molar-refractivity contribution in [1.82, 2.24) is 19.5 Å². The molecule has 1 aliphatic rings. The van der Waals surface area contributed by atoms with E-state index in [2.05, 4.69) is 5.10 Å². The molecule has 3 aromatic rings. The van der Waals surface area contributed by atoms with Crippen molar-refractivity contribution in [2.45, 2.75) is 19.3 Å². The Hall–Kier alpha value is -2.64. The first-order valence-electron chi connectivity index (χ1n) is 9.13. The van der Waals surface area contributed by atoms with Crippen LogP contribution < -0.4 is 5.56 Å². The first-order chi connectivity index (χ1) is 13.5. The van der Waals surface area contributed by atoms with E-state index in [4.69, 9.17) is 21.3 Å². The summed E-state index contributed by atoms with van der Waals surface area (Å²) in [6.45, 7) is 3.49. The average molecular weight is 401 g/mol. The van der Waals surface area contributed by atoms with Gasteiger partial charge in [0, 0.05) is 54.9 Å². The fourth-order valence-corrected chi connectivity index (χ4v) is 3.85. The number of methoxy groups -OCH3 is 1. The number of hydrogen-bond donors (Lipinski definition) is 1. The predicted molar refractivity (Wildman–Crippen MR) is 107 cm³/mol. The van der Waals surface area contributed by atoms with Crippen LogP contribution in [0.4, 0.5) is 0 Å². The van der Waals surface area contributed by atoms with E-state index in [1.165, 1.54) is 10.6 Å². The van der Waals surface area contributed by atoms with Gasteiger partial charge in [0.05, 0.1) is 12.3 Å². The number of hydrogen-bond acceptors (Lipinski definition) is 4. The topological polar surface area (TPSA) is 79.7 Å². The highest BCUT2D eigenvalue weighted by molar-refractivity contribution is 6.30. The number of rotatable bonds is 5. The number of likely N-dealkylation sites (tertiary alicyclic amines) is 1. The van der Waals surface area contributed by atoms with Crippen molar-refractivity contribution in [2.75, 3.05) is 26.8 Å². The zero-order valence-electron chi connectivity index (χ0n) is 15.7. The maximum Gasteiger partial charge on any atom is 0.272 e. The number of aromatic amines is 1. The van der Waals surface area contributed by atoms with Gasteiger partial charge in [0.1, 0.15) is 0 Å². The van der Waals surface area contributed by atoms with Crippen LogP contribution in [-0.2, 0) is 9.53 Å². The molecule has 1 N–H and O–H groups in total. The minimum absolute atomic E-state index is 0.0622. The maximum absolute atomic E-state index is 12.7. The first kappa shape index (κ1) is 18.7. The number of ether oxygens (including phenoxy) is 1. The Kier molecular flexibility index (Phi) is 4.95. The Balaban J connectivity index is 1.76. The summed E-state index contributed by atoms with van der Waals surface area (Å²) in [5.74, 6) is -0.0393. The summed E-state index contributed by atoms with van der Waals surface area (Å²) in [4.78, 5) is 31.5. The van der Waals surface area contributed by atoms with Gasteiger partial charge in [0.25, 0.3) is 5.56 Å². The molecule has 0 unspecified atom stereocenters. The molecule has 1 atom stereocenters. The van der Waals surface area contributed by atoms with Gasteiger partial charge in [0.15, 0.2) is 5.65 Å². The number of carbonyl (C=O) groups is 1. The van der Waals surface area contributed by atoms with Gasteiger partial charge in [-0.3, -0.25) is 14.7 Å². The molecular formula is C20H21ClN4O3. The van der Waals surface area contributed by atoms with E-state index in [9.17, 15) is 9.59 Å². The molecule has 1 aromatic carbocycles. The molecule has 1 aliphatic heterocycles. The molecule has 7 nitrogen and oxygen atoms in total. The maximum atomic E-state index is 12.7. The van der Waals surface area contributed by atoms with Crippen molar-refractivity contribution in [3.8, 4) is 11.1 Å². The van der Waals surface area contributed by atoms with Gasteiger partial charge >= 0.3 is 0 Å². The van der Waals surface area contributed by atoms with E-state index in [0.717, 1.165) is 16.8 Å². The van der Waals surface area contributed by atoms with Gasteiger partial charge in [-0.2, -0.15) is 0 Å². The van der Waals surface area contributed by atoms with Gasteiger partial charge in [-0.1, -0.05) is 23.7 Å². The quantitative estimate of drug-likeness (QED) is 0.714. The summed E-state index contributed by atoms with van der Waals surface area (Å²) >= 11 is 6.01. The summed E-state index contributed by atoms with van der Waals surface area (Å²) < 4.78 is 6.52. The van der Waals surface area contributed by atoms with E-state index in [-0.39, 0.29) is 17.4 Å². The zero-order valence-corrected chi connectivity index (χ0v) is 16.5. The molecule has 0 saturated carbocycles. The number of nitrogens with one attached hydrogen (secondary N) is 1. The van der Waals surface area contributed by atoms with Crippen LogP contribution in [0, 0.1) is 6.92 Å². The molecule has 146 valence electrons. The molecule has 8 heteroatoms. The normalized spacial score (nSPS) is 17.0. The van der Waals surface area contributed by atoms with Crippen molar-refractivity contribution < 1.29 is 9.53 Å². The highest BCUT2D eigenvalue weighted by Gasteiger charge is 2.32. The lowest BCUT2D eigenvalue weighted by Gasteiger charge is -2.15. The minimum atomic E-state index is -0.189. The third-order valence-corrected chi connectivity index (χ3v) is 5.40. The van der Waals surface area contributed by atoms with Crippen molar-refractivity contribution in [3.63, 3.8) is 0 Å². The second kappa shape index (κ2) is 7.41. The van der Waals surface area contributed by atoms with E-state index in [0.29, 0.717) is 42.5 Å². The molecule has 1 saturated heterocycles. The Morgan fingerprint density at radius 2 is 2.04 bits per heavy atom. The van der Waals surface area contributed by atoms with Crippen LogP contribution in [0.3, 0.4) is 0 Å². The van der Waals surface area contributed by atoms with Crippen molar-refractivity contribution in [1.29, 1.82) is 0 Å². The predicted octanol–water partition coefficient (Wildman–Crippen LogP) is 2.61. The van der Waals surface area contributed by atoms with Crippen molar-refractivity contribution in [3.05, 3.63) is 57.1 Å². The number of aryl methyl sites for hydroxylation is 1. The van der Waals surface area contributed by atoms with Crippen LogP contribution in [0.1, 0.15) is 23.7 Å². The lowest BCUT2D eigenvalue weighted by molar-refractivity contribution is -0.128. The van der Waals surface area contributed by atoms with E-state index >= 15 is 0 Å². The molecular weight excluding hydrogens is 380 g/mol. The highest BCUT2D eigenvalue weighted by Crippen LogP contribution is 2.30. The average Bonchev–Trinajstić information content (AvgIpc) is 3.20. The lowest BCUT2D eigenvalue weighted by Crippen LogP contribution is -2.28. The van der Waals surface area contributed by atoms with Gasteiger partial charge in [-0.25, -0.2) is 9.50 Å². The zero-order chi connectivity index (χ0) is 19.8. The molecule has 0 radical (unpaired) electrons. The number of amides is 1. The van der Waals surface area contributed by atoms with E-state index in [1.807, 2.05) is 31.2 Å². The first-order valence-corrected chi connectivity index (χ1v) is 9.50. The smallest absolute Gasteiger partial charge is 0.272 e. The monoisotopic (exact) mass is 400 g/mol. The van der Waals surface area contributed by atoms with Gasteiger partial charge < -0.3 is 9.64 Å². The summed E-state index contributed by atoms with van der Waals surface area (Å²) in [6, 6.07) is 8.95. The number of carbonyl (C=O) groups excluding carboxylic acids is 1. The fourth-order valence-electron chi connectivity index (χ4n) is 3.73. The van der Waals surface area contributed by atoms with Gasteiger partial charge in [-0.15, -0.1) is 0 Å². The SMILES string of the molecule is COCCN1C[C@H](c2cc(=O)n3[nH]c(C)c(-c4ccc(Cl)cc4)c3n2)CC1=O. The largest absolute Gasteiger partial charge is 0.383 e. The van der Waals surface area contributed by atoms with Crippen LogP contribution in [0.2, 0.25) is 5.02 Å². The summed E-state index contributed by atoms with van der Waals surface area (Å²) in [5.41, 5.74) is 3.64. The van der Waals surface area contributed by atoms with Gasteiger partial charge in [-0.05, 0) is 24.6 Å². The van der Waals surface area contributed by atoms with Crippen LogP contribution in [-0.4, -0.2) is 52.2 Å². The number of halogens is 1. The van der Waals surface area contributed by atoms with Crippen molar-refractivity contribution >= 4 is 23.2 Å². The molecule has 3 heterocycles.